The van der Waals surface area contributed by atoms with Gasteiger partial charge in [-0.2, -0.15) is 0 Å². The average molecular weight is 267 g/mol. The van der Waals surface area contributed by atoms with E-state index in [1.807, 2.05) is 30.5 Å². The summed E-state index contributed by atoms with van der Waals surface area (Å²) in [6.45, 7) is 6.83. The Morgan fingerprint density at radius 1 is 1.00 bits per heavy atom. The monoisotopic (exact) mass is 267 g/mol. The van der Waals surface area contributed by atoms with Crippen LogP contribution in [0.3, 0.4) is 0 Å². The number of hydrogen-bond donors (Lipinski definition) is 0. The summed E-state index contributed by atoms with van der Waals surface area (Å²) in [7, 11) is 0. The summed E-state index contributed by atoms with van der Waals surface area (Å²) in [5.74, 6) is 3.33. The highest BCUT2D eigenvalue weighted by Crippen LogP contribution is 2.26. The van der Waals surface area contributed by atoms with Crippen LogP contribution in [0.15, 0.2) is 42.6 Å². The van der Waals surface area contributed by atoms with Gasteiger partial charge in [-0.25, -0.2) is 9.97 Å². The number of hydrogen-bond acceptors (Lipinski definition) is 3. The molecule has 0 amide bonds. The Morgan fingerprint density at radius 2 is 1.70 bits per heavy atom. The number of rotatable bonds is 2. The molecule has 0 saturated carbocycles. The lowest BCUT2D eigenvalue weighted by Gasteiger charge is -2.35. The quantitative estimate of drug-likeness (QED) is 0.832. The molecule has 2 unspecified atom stereocenters. The Labute approximate surface area is 120 Å². The van der Waals surface area contributed by atoms with Crippen LogP contribution in [0.5, 0.6) is 0 Å². The zero-order valence-electron chi connectivity index (χ0n) is 12.2. The van der Waals surface area contributed by atoms with Crippen molar-refractivity contribution in [2.75, 3.05) is 18.0 Å². The molecule has 3 nitrogen and oxygen atoms in total. The van der Waals surface area contributed by atoms with Gasteiger partial charge < -0.3 is 4.90 Å². The molecule has 2 heterocycles. The minimum Gasteiger partial charge on any atom is -0.356 e. The van der Waals surface area contributed by atoms with E-state index in [9.17, 15) is 0 Å². The molecule has 0 N–H and O–H groups in total. The topological polar surface area (TPSA) is 29.0 Å². The molecule has 0 aliphatic carbocycles. The fraction of sp³-hybridized carbons (Fsp3) is 0.412. The largest absolute Gasteiger partial charge is 0.356 e. The molecule has 1 saturated heterocycles. The van der Waals surface area contributed by atoms with E-state index < -0.39 is 0 Å². The van der Waals surface area contributed by atoms with Crippen molar-refractivity contribution in [3.05, 3.63) is 42.6 Å². The molecule has 1 aromatic heterocycles. The van der Waals surface area contributed by atoms with Crippen LogP contribution in [0, 0.1) is 11.8 Å². The number of nitrogens with zero attached hydrogens (tertiary/aromatic N) is 3. The zero-order valence-corrected chi connectivity index (χ0v) is 12.2. The van der Waals surface area contributed by atoms with Crippen LogP contribution >= 0.6 is 0 Å². The van der Waals surface area contributed by atoms with Crippen molar-refractivity contribution in [3.63, 3.8) is 0 Å². The van der Waals surface area contributed by atoms with Gasteiger partial charge in [0.15, 0.2) is 5.82 Å². The summed E-state index contributed by atoms with van der Waals surface area (Å²) in [5.41, 5.74) is 1.08. The van der Waals surface area contributed by atoms with Gasteiger partial charge in [-0.3, -0.25) is 0 Å². The normalized spacial score (nSPS) is 22.8. The smallest absolute Gasteiger partial charge is 0.161 e. The second kappa shape index (κ2) is 5.61. The molecule has 1 aliphatic heterocycles. The van der Waals surface area contributed by atoms with Gasteiger partial charge in [0.1, 0.15) is 5.82 Å². The molecular formula is C17H21N3. The summed E-state index contributed by atoms with van der Waals surface area (Å²) in [6.07, 6.45) is 3.18. The van der Waals surface area contributed by atoms with Crippen molar-refractivity contribution in [1.82, 2.24) is 9.97 Å². The summed E-state index contributed by atoms with van der Waals surface area (Å²) in [4.78, 5) is 11.6. The Hall–Kier alpha value is -1.90. The van der Waals surface area contributed by atoms with E-state index in [0.29, 0.717) is 0 Å². The van der Waals surface area contributed by atoms with E-state index in [-0.39, 0.29) is 0 Å². The Kier molecular flexibility index (Phi) is 3.68. The predicted octanol–water partition coefficient (Wildman–Crippen LogP) is 3.63. The third-order valence-electron chi connectivity index (χ3n) is 3.87. The number of piperidine rings is 1. The SMILES string of the molecule is CC1CC(C)CN(c2ccnc(-c3ccccc3)n2)C1. The average Bonchev–Trinajstić information content (AvgIpc) is 2.47. The highest BCUT2D eigenvalue weighted by Gasteiger charge is 2.22. The van der Waals surface area contributed by atoms with Crippen LogP contribution in [0.25, 0.3) is 11.4 Å². The minimum absolute atomic E-state index is 0.730. The molecule has 20 heavy (non-hydrogen) atoms. The third-order valence-corrected chi connectivity index (χ3v) is 3.87. The summed E-state index contributed by atoms with van der Waals surface area (Å²) >= 11 is 0. The molecule has 2 aromatic rings. The number of anilines is 1. The van der Waals surface area contributed by atoms with E-state index in [1.165, 1.54) is 6.42 Å². The van der Waals surface area contributed by atoms with E-state index in [4.69, 9.17) is 4.98 Å². The fourth-order valence-electron chi connectivity index (χ4n) is 3.10. The van der Waals surface area contributed by atoms with Crippen molar-refractivity contribution in [3.8, 4) is 11.4 Å². The van der Waals surface area contributed by atoms with Gasteiger partial charge in [-0.1, -0.05) is 44.2 Å². The van der Waals surface area contributed by atoms with Gasteiger partial charge in [0.2, 0.25) is 0 Å². The molecule has 1 aromatic carbocycles. The maximum Gasteiger partial charge on any atom is 0.161 e. The van der Waals surface area contributed by atoms with Crippen LogP contribution < -0.4 is 4.90 Å². The maximum absolute atomic E-state index is 4.75. The van der Waals surface area contributed by atoms with Crippen molar-refractivity contribution >= 4 is 5.82 Å². The predicted molar refractivity (Wildman–Crippen MR) is 82.6 cm³/mol. The van der Waals surface area contributed by atoms with Crippen molar-refractivity contribution < 1.29 is 0 Å². The van der Waals surface area contributed by atoms with Gasteiger partial charge >= 0.3 is 0 Å². The first-order chi connectivity index (χ1) is 9.72. The van der Waals surface area contributed by atoms with Crippen molar-refractivity contribution in [2.24, 2.45) is 11.8 Å². The van der Waals surface area contributed by atoms with Crippen LogP contribution in [0.2, 0.25) is 0 Å². The molecule has 104 valence electrons. The number of benzene rings is 1. The summed E-state index contributed by atoms with van der Waals surface area (Å²) < 4.78 is 0. The Morgan fingerprint density at radius 3 is 2.40 bits per heavy atom. The van der Waals surface area contributed by atoms with Crippen LogP contribution in [0.1, 0.15) is 20.3 Å². The fourth-order valence-corrected chi connectivity index (χ4v) is 3.10. The highest BCUT2D eigenvalue weighted by atomic mass is 15.2. The highest BCUT2D eigenvalue weighted by molar-refractivity contribution is 5.57. The lowest BCUT2D eigenvalue weighted by Crippen LogP contribution is -2.39. The second-order valence-electron chi connectivity index (χ2n) is 5.96. The van der Waals surface area contributed by atoms with Gasteiger partial charge in [0.25, 0.3) is 0 Å². The van der Waals surface area contributed by atoms with Crippen LogP contribution in [0.4, 0.5) is 5.82 Å². The standard InChI is InChI=1S/C17H21N3/c1-13-10-14(2)12-20(11-13)16-8-9-18-17(19-16)15-6-4-3-5-7-15/h3-9,13-14H,10-12H2,1-2H3. The molecule has 0 radical (unpaired) electrons. The van der Waals surface area contributed by atoms with Crippen LogP contribution in [-0.4, -0.2) is 23.1 Å². The molecule has 3 heteroatoms. The molecule has 2 atom stereocenters. The number of aromatic nitrogens is 2. The first-order valence-corrected chi connectivity index (χ1v) is 7.36. The lowest BCUT2D eigenvalue weighted by molar-refractivity contribution is 0.355. The van der Waals surface area contributed by atoms with Gasteiger partial charge in [-0.05, 0) is 24.3 Å². The first-order valence-electron chi connectivity index (χ1n) is 7.36. The molecule has 0 bridgehead atoms. The molecule has 3 rings (SSSR count). The minimum atomic E-state index is 0.730. The first kappa shape index (κ1) is 13.1. The zero-order chi connectivity index (χ0) is 13.9. The van der Waals surface area contributed by atoms with Gasteiger partial charge in [0, 0.05) is 24.8 Å². The van der Waals surface area contributed by atoms with Crippen LogP contribution in [-0.2, 0) is 0 Å². The maximum atomic E-state index is 4.75. The molecular weight excluding hydrogens is 246 g/mol. The molecule has 0 spiro atoms. The Bertz CT molecular complexity index is 557. The molecule has 1 aliphatic rings. The van der Waals surface area contributed by atoms with E-state index in [2.05, 4.69) is 35.9 Å². The Balaban J connectivity index is 1.88. The van der Waals surface area contributed by atoms with E-state index in [0.717, 1.165) is 42.1 Å². The van der Waals surface area contributed by atoms with E-state index in [1.54, 1.807) is 0 Å². The molecule has 1 fully saturated rings. The third kappa shape index (κ3) is 2.82. The lowest BCUT2D eigenvalue weighted by atomic mass is 9.92. The summed E-state index contributed by atoms with van der Waals surface area (Å²) in [5, 5.41) is 0. The summed E-state index contributed by atoms with van der Waals surface area (Å²) in [6, 6.07) is 12.2. The van der Waals surface area contributed by atoms with E-state index >= 15 is 0 Å². The van der Waals surface area contributed by atoms with Crippen molar-refractivity contribution in [2.45, 2.75) is 20.3 Å². The van der Waals surface area contributed by atoms with Crippen molar-refractivity contribution in [1.29, 1.82) is 0 Å². The van der Waals surface area contributed by atoms with Gasteiger partial charge in [0.05, 0.1) is 0 Å². The van der Waals surface area contributed by atoms with Gasteiger partial charge in [-0.15, -0.1) is 0 Å². The second-order valence-corrected chi connectivity index (χ2v) is 5.96.